The minimum absolute atomic E-state index is 0.346. The van der Waals surface area contributed by atoms with E-state index in [1.165, 1.54) is 21.2 Å². The summed E-state index contributed by atoms with van der Waals surface area (Å²) in [7, 11) is 0. The average Bonchev–Trinajstić information content (AvgIpc) is 3.09. The van der Waals surface area contributed by atoms with E-state index in [-0.39, 0.29) is 20.4 Å². The van der Waals surface area contributed by atoms with E-state index in [9.17, 15) is 0 Å². The summed E-state index contributed by atoms with van der Waals surface area (Å²) in [5.41, 5.74) is 4.14. The molecule has 0 unspecified atom stereocenters. The normalized spacial score (nSPS) is 10.8. The standard InChI is InChI=1S/C23H18SeTe/c1-17-12-14-20(15-13-17)24-21-16-22(18-8-4-2-5-9-18)25-23(21)19-10-6-3-7-11-19/h2-16H,1H3. The van der Waals surface area contributed by atoms with Crippen LogP contribution in [-0.2, 0) is 0 Å². The van der Waals surface area contributed by atoms with Crippen molar-refractivity contribution in [3.63, 3.8) is 0 Å². The Hall–Kier alpha value is -1.55. The van der Waals surface area contributed by atoms with Gasteiger partial charge in [0.1, 0.15) is 0 Å². The molecule has 4 rings (SSSR count). The summed E-state index contributed by atoms with van der Waals surface area (Å²) in [5.74, 6) is 0. The Morgan fingerprint density at radius 3 is 1.92 bits per heavy atom. The van der Waals surface area contributed by atoms with Gasteiger partial charge in [-0.2, -0.15) is 0 Å². The monoisotopic (exact) mass is 504 g/mol. The van der Waals surface area contributed by atoms with Crippen molar-refractivity contribution in [2.75, 3.05) is 0 Å². The van der Waals surface area contributed by atoms with Gasteiger partial charge in [-0.25, -0.2) is 0 Å². The third-order valence-corrected chi connectivity index (χ3v) is 10.7. The Morgan fingerprint density at radius 1 is 0.680 bits per heavy atom. The van der Waals surface area contributed by atoms with E-state index in [1.54, 1.807) is 11.6 Å². The van der Waals surface area contributed by atoms with Gasteiger partial charge >= 0.3 is 166 Å². The van der Waals surface area contributed by atoms with Crippen LogP contribution in [0.15, 0.2) is 91.0 Å². The molecule has 0 bridgehead atoms. The minimum atomic E-state index is -0.346. The molecule has 0 aliphatic carbocycles. The Morgan fingerprint density at radius 2 is 1.28 bits per heavy atom. The molecule has 0 aliphatic heterocycles. The third-order valence-electron chi connectivity index (χ3n) is 4.04. The van der Waals surface area contributed by atoms with Crippen LogP contribution in [0.4, 0.5) is 0 Å². The number of hydrogen-bond acceptors (Lipinski definition) is 0. The summed E-state index contributed by atoms with van der Waals surface area (Å²) in [6.45, 7) is 2.15. The van der Waals surface area contributed by atoms with Gasteiger partial charge in [0, 0.05) is 0 Å². The quantitative estimate of drug-likeness (QED) is 0.371. The van der Waals surface area contributed by atoms with Gasteiger partial charge in [-0.3, -0.25) is 0 Å². The van der Waals surface area contributed by atoms with E-state index in [4.69, 9.17) is 0 Å². The van der Waals surface area contributed by atoms with Gasteiger partial charge < -0.3 is 0 Å². The molecule has 122 valence electrons. The van der Waals surface area contributed by atoms with E-state index in [0.29, 0.717) is 15.0 Å². The predicted octanol–water partition coefficient (Wildman–Crippen LogP) is 4.04. The second-order valence-corrected chi connectivity index (χ2v) is 11.3. The molecule has 2 heteroatoms. The first kappa shape index (κ1) is 16.9. The molecule has 0 saturated heterocycles. The molecule has 1 heterocycles. The third kappa shape index (κ3) is 4.00. The number of benzene rings is 3. The molecule has 3 aromatic carbocycles. The molecule has 0 radical (unpaired) electrons. The van der Waals surface area contributed by atoms with Crippen LogP contribution in [0.25, 0.3) is 18.3 Å². The van der Waals surface area contributed by atoms with E-state index in [2.05, 4.69) is 97.9 Å². The number of aryl methyl sites for hydroxylation is 1. The molecule has 0 atom stereocenters. The van der Waals surface area contributed by atoms with Crippen molar-refractivity contribution in [1.82, 2.24) is 0 Å². The second kappa shape index (κ2) is 7.77. The Labute approximate surface area is 165 Å². The summed E-state index contributed by atoms with van der Waals surface area (Å²) in [6.07, 6.45) is 0. The molecular formula is C23H18SeTe. The van der Waals surface area contributed by atoms with Crippen molar-refractivity contribution in [3.8, 4) is 18.3 Å². The van der Waals surface area contributed by atoms with Crippen molar-refractivity contribution in [1.29, 1.82) is 0 Å². The van der Waals surface area contributed by atoms with Gasteiger partial charge in [-0.15, -0.1) is 0 Å². The van der Waals surface area contributed by atoms with E-state index in [0.717, 1.165) is 0 Å². The van der Waals surface area contributed by atoms with E-state index >= 15 is 0 Å². The fourth-order valence-electron chi connectivity index (χ4n) is 2.72. The Balaban J connectivity index is 1.78. The van der Waals surface area contributed by atoms with Crippen molar-refractivity contribution < 1.29 is 0 Å². The van der Waals surface area contributed by atoms with Crippen molar-refractivity contribution >= 4 is 44.3 Å². The van der Waals surface area contributed by atoms with Crippen LogP contribution >= 0.6 is 0 Å². The zero-order valence-corrected chi connectivity index (χ0v) is 18.0. The molecule has 0 fully saturated rings. The van der Waals surface area contributed by atoms with Crippen LogP contribution < -0.4 is 8.92 Å². The van der Waals surface area contributed by atoms with Gasteiger partial charge in [0.2, 0.25) is 0 Å². The van der Waals surface area contributed by atoms with Crippen molar-refractivity contribution in [2.24, 2.45) is 0 Å². The van der Waals surface area contributed by atoms with Gasteiger partial charge in [0.25, 0.3) is 0 Å². The molecule has 4 aromatic rings. The molecule has 0 saturated carbocycles. The first-order chi connectivity index (χ1) is 12.3. The number of hydrogen-bond donors (Lipinski definition) is 0. The zero-order valence-electron chi connectivity index (χ0n) is 14.0. The van der Waals surface area contributed by atoms with Crippen LogP contribution in [0.1, 0.15) is 5.56 Å². The van der Waals surface area contributed by atoms with Crippen LogP contribution in [0.3, 0.4) is 0 Å². The number of rotatable bonds is 4. The molecule has 0 aliphatic rings. The first-order valence-corrected chi connectivity index (χ1v) is 12.3. The molecule has 1 aromatic heterocycles. The van der Waals surface area contributed by atoms with Gasteiger partial charge in [0.05, 0.1) is 0 Å². The second-order valence-electron chi connectivity index (χ2n) is 5.95. The Kier molecular flexibility index (Phi) is 5.25. The molecule has 25 heavy (non-hydrogen) atoms. The summed E-state index contributed by atoms with van der Waals surface area (Å²) in [5, 5.41) is 0. The maximum atomic E-state index is 2.49. The van der Waals surface area contributed by atoms with Crippen molar-refractivity contribution in [3.05, 3.63) is 96.6 Å². The summed E-state index contributed by atoms with van der Waals surface area (Å²) in [4.78, 5) is 0. The fraction of sp³-hybridized carbons (Fsp3) is 0.0435. The molecule has 0 N–H and O–H groups in total. The summed E-state index contributed by atoms with van der Waals surface area (Å²) in [6, 6.07) is 33.4. The van der Waals surface area contributed by atoms with E-state index in [1.807, 2.05) is 0 Å². The fourth-order valence-corrected chi connectivity index (χ4v) is 9.40. The van der Waals surface area contributed by atoms with Crippen molar-refractivity contribution in [2.45, 2.75) is 6.92 Å². The van der Waals surface area contributed by atoms with Gasteiger partial charge in [-0.1, -0.05) is 0 Å². The summed E-state index contributed by atoms with van der Waals surface area (Å²) >= 11 is 0.0149. The topological polar surface area (TPSA) is 0 Å². The maximum absolute atomic E-state index is 2.49. The molecule has 0 amide bonds. The van der Waals surface area contributed by atoms with Gasteiger partial charge in [-0.05, 0) is 0 Å². The molecular weight excluding hydrogens is 483 g/mol. The van der Waals surface area contributed by atoms with Gasteiger partial charge in [0.15, 0.2) is 0 Å². The predicted molar refractivity (Wildman–Crippen MR) is 110 cm³/mol. The molecule has 0 spiro atoms. The van der Waals surface area contributed by atoms with Crippen LogP contribution in [0.2, 0.25) is 0 Å². The molecule has 0 nitrogen and oxygen atoms in total. The summed E-state index contributed by atoms with van der Waals surface area (Å²) < 4.78 is 6.20. The zero-order chi connectivity index (χ0) is 17.1. The van der Waals surface area contributed by atoms with Crippen LogP contribution in [0.5, 0.6) is 0 Å². The van der Waals surface area contributed by atoms with Crippen LogP contribution in [-0.4, -0.2) is 35.4 Å². The SMILES string of the molecule is Cc1ccc([Se]c2cc(-c3ccccc3)[te]c2-c2ccccc2)cc1. The van der Waals surface area contributed by atoms with Crippen LogP contribution in [0, 0.1) is 6.92 Å². The van der Waals surface area contributed by atoms with E-state index < -0.39 is 0 Å². The first-order valence-electron chi connectivity index (χ1n) is 8.29. The average molecular weight is 501 g/mol. The Bertz CT molecular complexity index is 954.